The number of nitrogens with zero attached hydrogens (tertiary/aromatic N) is 3. The molecule has 4 nitrogen and oxygen atoms in total. The highest BCUT2D eigenvalue weighted by atomic mass is 28.3. The first-order chi connectivity index (χ1) is 23.1. The Bertz CT molecular complexity index is 2720. The van der Waals surface area contributed by atoms with E-state index in [0.29, 0.717) is 0 Å². The standard InChI is InChI=1S/C42H29N3OSi/c1-47(2)38-22-11-8-19-31(38)40-41(47)39(26-13-4-3-5-14-26)43-42(44-40)27-15-12-16-28(23-27)45-34-20-9-6-17-29(34)32-25-37-33(24-35(32)45)30-18-7-10-21-36(30)46-37/h3-25H,1-2H3. The predicted octanol–water partition coefficient (Wildman–Crippen LogP) is 9.61. The lowest BCUT2D eigenvalue weighted by atomic mass is 10.1. The highest BCUT2D eigenvalue weighted by molar-refractivity contribution is 7.04. The average Bonchev–Trinajstić information content (AvgIpc) is 3.72. The molecular weight excluding hydrogens is 591 g/mol. The molecule has 0 spiro atoms. The van der Waals surface area contributed by atoms with E-state index >= 15 is 0 Å². The van der Waals surface area contributed by atoms with Gasteiger partial charge in [0.05, 0.1) is 22.4 Å². The maximum atomic E-state index is 6.30. The van der Waals surface area contributed by atoms with Crippen LogP contribution in [-0.2, 0) is 0 Å². The molecule has 6 aromatic carbocycles. The quantitative estimate of drug-likeness (QED) is 0.185. The van der Waals surface area contributed by atoms with Gasteiger partial charge in [0.15, 0.2) is 5.82 Å². The number of hydrogen-bond donors (Lipinski definition) is 0. The Morgan fingerprint density at radius 1 is 0.532 bits per heavy atom. The van der Waals surface area contributed by atoms with Gasteiger partial charge in [-0.05, 0) is 52.3 Å². The van der Waals surface area contributed by atoms with E-state index < -0.39 is 8.07 Å². The Labute approximate surface area is 272 Å². The van der Waals surface area contributed by atoms with Crippen molar-refractivity contribution in [2.24, 2.45) is 0 Å². The Hall–Kier alpha value is -5.78. The van der Waals surface area contributed by atoms with E-state index in [1.165, 1.54) is 26.7 Å². The minimum atomic E-state index is -2.02. The molecule has 0 aliphatic carbocycles. The highest BCUT2D eigenvalue weighted by Crippen LogP contribution is 2.39. The van der Waals surface area contributed by atoms with Gasteiger partial charge in [0.25, 0.3) is 0 Å². The summed E-state index contributed by atoms with van der Waals surface area (Å²) < 4.78 is 8.67. The molecule has 0 amide bonds. The van der Waals surface area contributed by atoms with Crippen molar-refractivity contribution in [3.05, 3.63) is 140 Å². The lowest BCUT2D eigenvalue weighted by Gasteiger charge is -2.21. The van der Waals surface area contributed by atoms with Crippen LogP contribution in [0.25, 0.3) is 83.3 Å². The average molecular weight is 620 g/mol. The van der Waals surface area contributed by atoms with Gasteiger partial charge in [-0.1, -0.05) is 116 Å². The van der Waals surface area contributed by atoms with Crippen LogP contribution < -0.4 is 10.4 Å². The fourth-order valence-electron chi connectivity index (χ4n) is 7.80. The molecule has 0 unspecified atom stereocenters. The van der Waals surface area contributed by atoms with Crippen molar-refractivity contribution in [3.63, 3.8) is 0 Å². The largest absolute Gasteiger partial charge is 0.456 e. The van der Waals surface area contributed by atoms with Gasteiger partial charge < -0.3 is 8.98 Å². The summed E-state index contributed by atoms with van der Waals surface area (Å²) in [5.41, 5.74) is 10.7. The van der Waals surface area contributed by atoms with Gasteiger partial charge in [0.1, 0.15) is 19.2 Å². The van der Waals surface area contributed by atoms with Crippen molar-refractivity contribution in [2.45, 2.75) is 13.1 Å². The number of furan rings is 1. The van der Waals surface area contributed by atoms with Crippen LogP contribution in [0.5, 0.6) is 0 Å². The first-order valence-electron chi connectivity index (χ1n) is 16.1. The van der Waals surface area contributed by atoms with Crippen LogP contribution in [0.1, 0.15) is 0 Å². The van der Waals surface area contributed by atoms with Crippen LogP contribution in [0, 0.1) is 0 Å². The highest BCUT2D eigenvalue weighted by Gasteiger charge is 2.41. The number of fused-ring (bicyclic) bond motifs is 9. The maximum Gasteiger partial charge on any atom is 0.160 e. The molecule has 0 N–H and O–H groups in total. The summed E-state index contributed by atoms with van der Waals surface area (Å²) in [6.07, 6.45) is 0. The fourth-order valence-corrected chi connectivity index (χ4v) is 11.0. The minimum Gasteiger partial charge on any atom is -0.456 e. The fraction of sp³-hybridized carbons (Fsp3) is 0.0476. The molecule has 3 aromatic heterocycles. The summed E-state index contributed by atoms with van der Waals surface area (Å²) >= 11 is 0. The lowest BCUT2D eigenvalue weighted by Crippen LogP contribution is -2.50. The summed E-state index contributed by atoms with van der Waals surface area (Å²) in [5.74, 6) is 0.745. The molecule has 0 saturated heterocycles. The van der Waals surface area contributed by atoms with Gasteiger partial charge in [0.2, 0.25) is 0 Å². The minimum absolute atomic E-state index is 0.745. The van der Waals surface area contributed by atoms with E-state index in [4.69, 9.17) is 14.4 Å². The zero-order valence-electron chi connectivity index (χ0n) is 26.0. The normalized spacial score (nSPS) is 13.5. The van der Waals surface area contributed by atoms with Crippen LogP contribution in [0.2, 0.25) is 13.1 Å². The number of aromatic nitrogens is 3. The number of para-hydroxylation sites is 2. The van der Waals surface area contributed by atoms with Gasteiger partial charge in [-0.2, -0.15) is 0 Å². The second-order valence-electron chi connectivity index (χ2n) is 13.0. The zero-order chi connectivity index (χ0) is 31.3. The second kappa shape index (κ2) is 9.61. The summed E-state index contributed by atoms with van der Waals surface area (Å²) in [4.78, 5) is 10.7. The molecule has 222 valence electrons. The smallest absolute Gasteiger partial charge is 0.160 e. The lowest BCUT2D eigenvalue weighted by molar-refractivity contribution is 0.669. The molecular formula is C42H29N3OSi. The first kappa shape index (κ1) is 26.4. The van der Waals surface area contributed by atoms with E-state index in [9.17, 15) is 0 Å². The number of rotatable bonds is 3. The summed E-state index contributed by atoms with van der Waals surface area (Å²) in [5, 5.41) is 7.36. The van der Waals surface area contributed by atoms with Gasteiger partial charge in [-0.15, -0.1) is 0 Å². The van der Waals surface area contributed by atoms with E-state index in [-0.39, 0.29) is 0 Å². The van der Waals surface area contributed by atoms with Crippen LogP contribution in [0.4, 0.5) is 0 Å². The molecule has 9 aromatic rings. The van der Waals surface area contributed by atoms with Crippen molar-refractivity contribution in [3.8, 4) is 39.6 Å². The SMILES string of the molecule is C[Si]1(C)c2ccccc2-c2nc(-c3cccc(-n4c5ccccc5c5cc6oc7ccccc7c6cc54)c3)nc(-c3ccccc3)c21. The maximum absolute atomic E-state index is 6.30. The number of benzene rings is 6. The third-order valence-electron chi connectivity index (χ3n) is 9.97. The van der Waals surface area contributed by atoms with Gasteiger partial charge in [-0.25, -0.2) is 9.97 Å². The van der Waals surface area contributed by atoms with Crippen LogP contribution in [0.15, 0.2) is 144 Å². The molecule has 0 radical (unpaired) electrons. The number of hydrogen-bond acceptors (Lipinski definition) is 3. The molecule has 1 aliphatic heterocycles. The Morgan fingerprint density at radius 2 is 1.26 bits per heavy atom. The molecule has 10 rings (SSSR count). The second-order valence-corrected chi connectivity index (χ2v) is 17.3. The van der Waals surface area contributed by atoms with Crippen molar-refractivity contribution < 1.29 is 4.42 Å². The molecule has 0 saturated carbocycles. The van der Waals surface area contributed by atoms with Crippen molar-refractivity contribution in [1.29, 1.82) is 0 Å². The van der Waals surface area contributed by atoms with Crippen LogP contribution in [-0.4, -0.2) is 22.6 Å². The first-order valence-corrected chi connectivity index (χ1v) is 19.1. The third-order valence-corrected chi connectivity index (χ3v) is 13.5. The van der Waals surface area contributed by atoms with Crippen molar-refractivity contribution >= 4 is 62.2 Å². The summed E-state index contributed by atoms with van der Waals surface area (Å²) in [6.45, 7) is 4.85. The zero-order valence-corrected chi connectivity index (χ0v) is 27.0. The molecule has 5 heteroatoms. The molecule has 0 bridgehead atoms. The van der Waals surface area contributed by atoms with Crippen molar-refractivity contribution in [2.75, 3.05) is 0 Å². The molecule has 47 heavy (non-hydrogen) atoms. The molecule has 0 atom stereocenters. The topological polar surface area (TPSA) is 43.9 Å². The van der Waals surface area contributed by atoms with Crippen LogP contribution in [0.3, 0.4) is 0 Å². The molecule has 4 heterocycles. The summed E-state index contributed by atoms with van der Waals surface area (Å²) in [6, 6.07) is 49.5. The van der Waals surface area contributed by atoms with Crippen molar-refractivity contribution in [1.82, 2.24) is 14.5 Å². The molecule has 0 fully saturated rings. The predicted molar refractivity (Wildman–Crippen MR) is 197 cm³/mol. The van der Waals surface area contributed by atoms with E-state index in [1.807, 2.05) is 12.1 Å². The van der Waals surface area contributed by atoms with Gasteiger partial charge in [0, 0.05) is 38.4 Å². The van der Waals surface area contributed by atoms with E-state index in [1.54, 1.807) is 0 Å². The molecule has 1 aliphatic rings. The van der Waals surface area contributed by atoms with E-state index in [2.05, 4.69) is 145 Å². The van der Waals surface area contributed by atoms with Crippen LogP contribution >= 0.6 is 0 Å². The summed E-state index contributed by atoms with van der Waals surface area (Å²) in [7, 11) is -2.02. The third kappa shape index (κ3) is 3.75. The van der Waals surface area contributed by atoms with Gasteiger partial charge in [-0.3, -0.25) is 0 Å². The Balaban J connectivity index is 1.23. The monoisotopic (exact) mass is 619 g/mol. The van der Waals surface area contributed by atoms with Gasteiger partial charge >= 0.3 is 0 Å². The Kier molecular flexibility index (Phi) is 5.41. The van der Waals surface area contributed by atoms with E-state index in [0.717, 1.165) is 67.0 Å². The Morgan fingerprint density at radius 3 is 2.15 bits per heavy atom.